The molecule has 0 heterocycles. The molecule has 27 heavy (non-hydrogen) atoms. The lowest BCUT2D eigenvalue weighted by Gasteiger charge is -2.18. The average molecular weight is 373 g/mol. The van der Waals surface area contributed by atoms with Crippen molar-refractivity contribution in [2.45, 2.75) is 38.1 Å². The summed E-state index contributed by atoms with van der Waals surface area (Å²) in [5, 5.41) is 31.8. The molecule has 0 radical (unpaired) electrons. The highest BCUT2D eigenvalue weighted by molar-refractivity contribution is 5.67. The van der Waals surface area contributed by atoms with Gasteiger partial charge in [0, 0.05) is 13.2 Å². The van der Waals surface area contributed by atoms with Gasteiger partial charge >= 0.3 is 6.09 Å². The topological polar surface area (TPSA) is 99.0 Å². The van der Waals surface area contributed by atoms with E-state index >= 15 is 0 Å². The predicted molar refractivity (Wildman–Crippen MR) is 102 cm³/mol. The normalized spacial score (nSPS) is 13.0. The molecular formula is C21H27NO5. The minimum absolute atomic E-state index is 0.143. The van der Waals surface area contributed by atoms with Crippen molar-refractivity contribution in [3.8, 4) is 0 Å². The van der Waals surface area contributed by atoms with Crippen LogP contribution >= 0.6 is 0 Å². The Morgan fingerprint density at radius 1 is 1.00 bits per heavy atom. The first-order chi connectivity index (χ1) is 13.1. The summed E-state index contributed by atoms with van der Waals surface area (Å²) in [7, 11) is 0. The van der Waals surface area contributed by atoms with Crippen molar-refractivity contribution in [2.24, 2.45) is 0 Å². The standard InChI is InChI=1S/C21H27NO5/c23-14-4-7-16-8-10-18(11-9-16)20(25)19(24)12-13-22-21(26)27-15-17-5-2-1-3-6-17/h1-3,5-6,8-11,19-20,23-25H,4,7,12-15H2,(H,22,26). The number of rotatable bonds is 10. The molecule has 4 N–H and O–H groups in total. The average Bonchev–Trinajstić information content (AvgIpc) is 2.71. The van der Waals surface area contributed by atoms with Crippen LogP contribution in [-0.4, -0.2) is 40.7 Å². The third-order valence-electron chi connectivity index (χ3n) is 4.23. The third-order valence-corrected chi connectivity index (χ3v) is 4.23. The highest BCUT2D eigenvalue weighted by Crippen LogP contribution is 2.19. The molecule has 1 amide bonds. The van der Waals surface area contributed by atoms with Crippen LogP contribution in [0.4, 0.5) is 4.79 Å². The van der Waals surface area contributed by atoms with Gasteiger partial charge < -0.3 is 25.4 Å². The molecule has 2 aromatic rings. The summed E-state index contributed by atoms with van der Waals surface area (Å²) in [5.74, 6) is 0. The molecule has 2 aromatic carbocycles. The van der Waals surface area contributed by atoms with Crippen LogP contribution in [0.1, 0.15) is 35.6 Å². The number of aliphatic hydroxyl groups is 3. The van der Waals surface area contributed by atoms with Crippen molar-refractivity contribution in [3.63, 3.8) is 0 Å². The first-order valence-corrected chi connectivity index (χ1v) is 9.10. The molecule has 0 bridgehead atoms. The van der Waals surface area contributed by atoms with E-state index < -0.39 is 18.3 Å². The summed E-state index contributed by atoms with van der Waals surface area (Å²) in [6, 6.07) is 16.6. The van der Waals surface area contributed by atoms with Gasteiger partial charge in [0.2, 0.25) is 0 Å². The van der Waals surface area contributed by atoms with Gasteiger partial charge in [-0.1, -0.05) is 54.6 Å². The van der Waals surface area contributed by atoms with Gasteiger partial charge in [-0.3, -0.25) is 0 Å². The number of amides is 1. The molecule has 6 nitrogen and oxygen atoms in total. The second-order valence-corrected chi connectivity index (χ2v) is 6.36. The molecule has 146 valence electrons. The Morgan fingerprint density at radius 3 is 2.37 bits per heavy atom. The molecule has 0 aliphatic carbocycles. The van der Waals surface area contributed by atoms with E-state index in [9.17, 15) is 15.0 Å². The van der Waals surface area contributed by atoms with Gasteiger partial charge in [0.1, 0.15) is 12.7 Å². The van der Waals surface area contributed by atoms with E-state index in [2.05, 4.69) is 5.32 Å². The fraction of sp³-hybridized carbons (Fsp3) is 0.381. The molecule has 2 atom stereocenters. The molecule has 6 heteroatoms. The van der Waals surface area contributed by atoms with Crippen LogP contribution in [0.3, 0.4) is 0 Å². The summed E-state index contributed by atoms with van der Waals surface area (Å²) in [6.45, 7) is 0.519. The molecular weight excluding hydrogens is 346 g/mol. The fourth-order valence-corrected chi connectivity index (χ4v) is 2.64. The van der Waals surface area contributed by atoms with Crippen LogP contribution in [0.5, 0.6) is 0 Å². The first kappa shape index (κ1) is 20.9. The number of aryl methyl sites for hydroxylation is 1. The van der Waals surface area contributed by atoms with E-state index in [4.69, 9.17) is 9.84 Å². The summed E-state index contributed by atoms with van der Waals surface area (Å²) >= 11 is 0. The van der Waals surface area contributed by atoms with Crippen LogP contribution < -0.4 is 5.32 Å². The summed E-state index contributed by atoms with van der Waals surface area (Å²) < 4.78 is 5.09. The third kappa shape index (κ3) is 7.38. The number of hydrogen-bond donors (Lipinski definition) is 4. The van der Waals surface area contributed by atoms with Crippen LogP contribution in [0.15, 0.2) is 54.6 Å². The number of carbonyl (C=O) groups is 1. The van der Waals surface area contributed by atoms with Gasteiger partial charge in [0.05, 0.1) is 6.10 Å². The van der Waals surface area contributed by atoms with E-state index in [0.717, 1.165) is 17.5 Å². The zero-order chi connectivity index (χ0) is 19.5. The highest BCUT2D eigenvalue weighted by atomic mass is 16.5. The van der Waals surface area contributed by atoms with E-state index in [1.165, 1.54) is 0 Å². The number of nitrogens with one attached hydrogen (secondary N) is 1. The zero-order valence-corrected chi connectivity index (χ0v) is 15.3. The van der Waals surface area contributed by atoms with Gasteiger partial charge in [0.15, 0.2) is 0 Å². The molecule has 0 aliphatic heterocycles. The van der Waals surface area contributed by atoms with E-state index in [0.29, 0.717) is 12.0 Å². The van der Waals surface area contributed by atoms with E-state index in [1.807, 2.05) is 42.5 Å². The first-order valence-electron chi connectivity index (χ1n) is 9.10. The Labute approximate surface area is 159 Å². The Hall–Kier alpha value is -2.41. The smallest absolute Gasteiger partial charge is 0.407 e. The van der Waals surface area contributed by atoms with Crippen molar-refractivity contribution >= 4 is 6.09 Å². The summed E-state index contributed by atoms with van der Waals surface area (Å²) in [6.07, 6.45) is -0.926. The largest absolute Gasteiger partial charge is 0.445 e. The number of aliphatic hydroxyl groups excluding tert-OH is 3. The van der Waals surface area contributed by atoms with Gasteiger partial charge in [0.25, 0.3) is 0 Å². The lowest BCUT2D eigenvalue weighted by Crippen LogP contribution is -2.29. The molecule has 0 fully saturated rings. The maximum Gasteiger partial charge on any atom is 0.407 e. The number of benzene rings is 2. The monoisotopic (exact) mass is 373 g/mol. The van der Waals surface area contributed by atoms with Gasteiger partial charge in [-0.25, -0.2) is 4.79 Å². The van der Waals surface area contributed by atoms with Crippen molar-refractivity contribution in [1.29, 1.82) is 0 Å². The minimum Gasteiger partial charge on any atom is -0.445 e. The number of alkyl carbamates (subject to hydrolysis) is 1. The van der Waals surface area contributed by atoms with Crippen LogP contribution in [0.2, 0.25) is 0 Å². The second-order valence-electron chi connectivity index (χ2n) is 6.36. The van der Waals surface area contributed by atoms with Gasteiger partial charge in [-0.15, -0.1) is 0 Å². The van der Waals surface area contributed by atoms with E-state index in [-0.39, 0.29) is 26.2 Å². The molecule has 0 aromatic heterocycles. The van der Waals surface area contributed by atoms with Crippen LogP contribution in [0.25, 0.3) is 0 Å². The van der Waals surface area contributed by atoms with Gasteiger partial charge in [-0.2, -0.15) is 0 Å². The summed E-state index contributed by atoms with van der Waals surface area (Å²) in [5.41, 5.74) is 2.57. The quantitative estimate of drug-likeness (QED) is 0.512. The summed E-state index contributed by atoms with van der Waals surface area (Å²) in [4.78, 5) is 11.7. The Bertz CT molecular complexity index is 675. The Kier molecular flexibility index (Phi) is 8.77. The van der Waals surface area contributed by atoms with Crippen LogP contribution in [0, 0.1) is 0 Å². The van der Waals surface area contributed by atoms with Crippen molar-refractivity contribution in [2.75, 3.05) is 13.2 Å². The van der Waals surface area contributed by atoms with Crippen LogP contribution in [-0.2, 0) is 17.8 Å². The number of ether oxygens (including phenoxy) is 1. The Morgan fingerprint density at radius 2 is 1.70 bits per heavy atom. The molecule has 0 saturated heterocycles. The van der Waals surface area contributed by atoms with E-state index in [1.54, 1.807) is 12.1 Å². The maximum atomic E-state index is 11.7. The lowest BCUT2D eigenvalue weighted by molar-refractivity contribution is 0.0136. The molecule has 2 rings (SSSR count). The molecule has 0 saturated carbocycles. The minimum atomic E-state index is -1.03. The molecule has 2 unspecified atom stereocenters. The number of carbonyl (C=O) groups excluding carboxylic acids is 1. The maximum absolute atomic E-state index is 11.7. The zero-order valence-electron chi connectivity index (χ0n) is 15.3. The molecule has 0 aliphatic rings. The SMILES string of the molecule is O=C(NCCC(O)C(O)c1ccc(CCCO)cc1)OCc1ccccc1. The fourth-order valence-electron chi connectivity index (χ4n) is 2.64. The number of hydrogen-bond acceptors (Lipinski definition) is 5. The Balaban J connectivity index is 1.69. The molecule has 0 spiro atoms. The second kappa shape index (κ2) is 11.3. The predicted octanol–water partition coefficient (Wildman–Crippen LogP) is 2.32. The lowest BCUT2D eigenvalue weighted by atomic mass is 9.99. The highest BCUT2D eigenvalue weighted by Gasteiger charge is 2.18. The van der Waals surface area contributed by atoms with Crippen molar-refractivity contribution in [1.82, 2.24) is 5.32 Å². The van der Waals surface area contributed by atoms with Gasteiger partial charge in [-0.05, 0) is 36.0 Å². The van der Waals surface area contributed by atoms with Crippen molar-refractivity contribution < 1.29 is 24.9 Å². The van der Waals surface area contributed by atoms with Crippen molar-refractivity contribution in [3.05, 3.63) is 71.3 Å².